The molecule has 1 aliphatic rings. The van der Waals surface area contributed by atoms with Gasteiger partial charge in [-0.25, -0.2) is 9.78 Å². The van der Waals surface area contributed by atoms with Gasteiger partial charge in [0.2, 0.25) is 5.91 Å². The zero-order chi connectivity index (χ0) is 13.3. The van der Waals surface area contributed by atoms with Gasteiger partial charge in [0.15, 0.2) is 5.82 Å². The average Bonchev–Trinajstić information content (AvgIpc) is 2.33. The number of carboxylic acid groups (broad SMARTS) is 1. The van der Waals surface area contributed by atoms with E-state index in [9.17, 15) is 9.59 Å². The number of nitrogen functional groups attached to an aromatic ring is 1. The number of carbonyl (C=O) groups excluding carboxylic acids is 1. The number of nitrogens with two attached hydrogens (primary N) is 1. The van der Waals surface area contributed by atoms with Crippen LogP contribution in [0, 0.1) is 0 Å². The largest absolute Gasteiger partial charge is 0.478 e. The molecule has 18 heavy (non-hydrogen) atoms. The van der Waals surface area contributed by atoms with Crippen LogP contribution in [0.2, 0.25) is 0 Å². The predicted octanol–water partition coefficient (Wildman–Crippen LogP) is -0.313. The third-order valence-corrected chi connectivity index (χ3v) is 2.91. The summed E-state index contributed by atoms with van der Waals surface area (Å²) in [6, 6.07) is 0.980. The quantitative estimate of drug-likeness (QED) is 0.664. The zero-order valence-electron chi connectivity index (χ0n) is 9.88. The molecule has 1 aromatic rings. The Balaban J connectivity index is 2.33. The summed E-state index contributed by atoms with van der Waals surface area (Å²) in [7, 11) is 0. The standard InChI is InChI=1S/C11H14N4O3/c1-6-10(16)13-2-3-15(6)9-8(12)4-7(5-14-9)11(17)18/h4-6H,2-3,12H2,1H3,(H,13,16)(H,17,18). The van der Waals surface area contributed by atoms with Crippen molar-refractivity contribution in [1.29, 1.82) is 0 Å². The number of nitrogens with one attached hydrogen (secondary N) is 1. The molecule has 1 atom stereocenters. The van der Waals surface area contributed by atoms with Crippen LogP contribution in [0.5, 0.6) is 0 Å². The molecular weight excluding hydrogens is 236 g/mol. The van der Waals surface area contributed by atoms with E-state index in [-0.39, 0.29) is 23.2 Å². The van der Waals surface area contributed by atoms with Gasteiger partial charge in [-0.15, -0.1) is 0 Å². The second-order valence-corrected chi connectivity index (χ2v) is 4.10. The van der Waals surface area contributed by atoms with Crippen LogP contribution in [-0.4, -0.2) is 41.1 Å². The third-order valence-electron chi connectivity index (χ3n) is 2.91. The lowest BCUT2D eigenvalue weighted by Gasteiger charge is -2.34. The summed E-state index contributed by atoms with van der Waals surface area (Å²) in [5, 5.41) is 11.6. The predicted molar refractivity (Wildman–Crippen MR) is 65.4 cm³/mol. The number of anilines is 2. The van der Waals surface area contributed by atoms with Gasteiger partial charge in [0, 0.05) is 19.3 Å². The highest BCUT2D eigenvalue weighted by atomic mass is 16.4. The first kappa shape index (κ1) is 12.2. The van der Waals surface area contributed by atoms with Crippen molar-refractivity contribution in [2.75, 3.05) is 23.7 Å². The van der Waals surface area contributed by atoms with Gasteiger partial charge in [0.05, 0.1) is 11.3 Å². The van der Waals surface area contributed by atoms with E-state index in [1.54, 1.807) is 11.8 Å². The van der Waals surface area contributed by atoms with Crippen LogP contribution in [-0.2, 0) is 4.79 Å². The summed E-state index contributed by atoms with van der Waals surface area (Å²) in [4.78, 5) is 28.1. The Labute approximate surface area is 104 Å². The second-order valence-electron chi connectivity index (χ2n) is 4.10. The molecule has 7 heteroatoms. The highest BCUT2D eigenvalue weighted by Crippen LogP contribution is 2.24. The first-order valence-electron chi connectivity index (χ1n) is 5.54. The summed E-state index contributed by atoms with van der Waals surface area (Å²) in [5.41, 5.74) is 6.09. The van der Waals surface area contributed by atoms with Crippen molar-refractivity contribution in [1.82, 2.24) is 10.3 Å². The maximum absolute atomic E-state index is 11.5. The molecule has 4 N–H and O–H groups in total. The average molecular weight is 250 g/mol. The van der Waals surface area contributed by atoms with Crippen LogP contribution in [0.15, 0.2) is 12.3 Å². The third kappa shape index (κ3) is 2.06. The van der Waals surface area contributed by atoms with Crippen molar-refractivity contribution in [3.63, 3.8) is 0 Å². The number of carbonyl (C=O) groups is 2. The van der Waals surface area contributed by atoms with Crippen LogP contribution in [0.4, 0.5) is 11.5 Å². The van der Waals surface area contributed by atoms with Gasteiger partial charge >= 0.3 is 5.97 Å². The molecule has 0 aromatic carbocycles. The lowest BCUT2D eigenvalue weighted by Crippen LogP contribution is -2.54. The lowest BCUT2D eigenvalue weighted by molar-refractivity contribution is -0.122. The highest BCUT2D eigenvalue weighted by Gasteiger charge is 2.27. The maximum Gasteiger partial charge on any atom is 0.337 e. The van der Waals surface area contributed by atoms with Crippen molar-refractivity contribution in [2.45, 2.75) is 13.0 Å². The van der Waals surface area contributed by atoms with E-state index in [0.717, 1.165) is 0 Å². The number of nitrogens with zero attached hydrogens (tertiary/aromatic N) is 2. The number of amides is 1. The molecule has 2 rings (SSSR count). The summed E-state index contributed by atoms with van der Waals surface area (Å²) in [5.74, 6) is -0.725. The molecule has 0 radical (unpaired) electrons. The number of aromatic carboxylic acids is 1. The van der Waals surface area contributed by atoms with Crippen LogP contribution in [0.25, 0.3) is 0 Å². The molecule has 7 nitrogen and oxygen atoms in total. The van der Waals surface area contributed by atoms with Gasteiger partial charge in [-0.1, -0.05) is 0 Å². The molecule has 2 heterocycles. The topological polar surface area (TPSA) is 109 Å². The molecule has 1 aliphatic heterocycles. The normalized spacial score (nSPS) is 19.5. The number of aromatic nitrogens is 1. The minimum atomic E-state index is -1.08. The van der Waals surface area contributed by atoms with Crippen molar-refractivity contribution < 1.29 is 14.7 Å². The molecule has 96 valence electrons. The molecule has 0 saturated carbocycles. The first-order valence-corrected chi connectivity index (χ1v) is 5.54. The molecule has 1 fully saturated rings. The number of carboxylic acids is 1. The van der Waals surface area contributed by atoms with Crippen molar-refractivity contribution in [3.8, 4) is 0 Å². The molecule has 1 unspecified atom stereocenters. The summed E-state index contributed by atoms with van der Waals surface area (Å²) in [6.45, 7) is 2.86. The van der Waals surface area contributed by atoms with Crippen molar-refractivity contribution in [2.24, 2.45) is 0 Å². The van der Waals surface area contributed by atoms with Gasteiger partial charge in [0.1, 0.15) is 6.04 Å². The Morgan fingerprint density at radius 1 is 1.67 bits per heavy atom. The Morgan fingerprint density at radius 2 is 2.39 bits per heavy atom. The van der Waals surface area contributed by atoms with E-state index < -0.39 is 5.97 Å². The number of hydrogen-bond donors (Lipinski definition) is 3. The van der Waals surface area contributed by atoms with Gasteiger partial charge in [0.25, 0.3) is 0 Å². The Bertz CT molecular complexity index is 503. The number of pyridine rings is 1. The molecule has 1 saturated heterocycles. The summed E-state index contributed by atoms with van der Waals surface area (Å²) in [6.07, 6.45) is 1.24. The van der Waals surface area contributed by atoms with E-state index in [4.69, 9.17) is 10.8 Å². The van der Waals surface area contributed by atoms with Gasteiger partial charge < -0.3 is 21.1 Å². The summed E-state index contributed by atoms with van der Waals surface area (Å²) < 4.78 is 0. The smallest absolute Gasteiger partial charge is 0.337 e. The molecule has 1 aromatic heterocycles. The fraction of sp³-hybridized carbons (Fsp3) is 0.364. The Kier molecular flexibility index (Phi) is 3.05. The Hall–Kier alpha value is -2.31. The number of rotatable bonds is 2. The van der Waals surface area contributed by atoms with E-state index in [1.165, 1.54) is 12.3 Å². The van der Waals surface area contributed by atoms with Crippen LogP contribution >= 0.6 is 0 Å². The van der Waals surface area contributed by atoms with E-state index in [2.05, 4.69) is 10.3 Å². The van der Waals surface area contributed by atoms with Crippen molar-refractivity contribution in [3.05, 3.63) is 17.8 Å². The van der Waals surface area contributed by atoms with Gasteiger partial charge in [-0.2, -0.15) is 0 Å². The lowest BCUT2D eigenvalue weighted by atomic mass is 10.2. The molecule has 0 bridgehead atoms. The molecule has 1 amide bonds. The van der Waals surface area contributed by atoms with Crippen LogP contribution < -0.4 is 16.0 Å². The second kappa shape index (κ2) is 4.52. The zero-order valence-corrected chi connectivity index (χ0v) is 9.88. The maximum atomic E-state index is 11.5. The highest BCUT2D eigenvalue weighted by molar-refractivity contribution is 5.90. The van der Waals surface area contributed by atoms with Gasteiger partial charge in [-0.3, -0.25) is 4.79 Å². The molecule has 0 aliphatic carbocycles. The number of hydrogen-bond acceptors (Lipinski definition) is 5. The van der Waals surface area contributed by atoms with Crippen molar-refractivity contribution >= 4 is 23.4 Å². The van der Waals surface area contributed by atoms with E-state index in [1.807, 2.05) is 0 Å². The SMILES string of the molecule is CC1C(=O)NCCN1c1ncc(C(=O)O)cc1N. The minimum Gasteiger partial charge on any atom is -0.478 e. The number of piperazine rings is 1. The van der Waals surface area contributed by atoms with Crippen LogP contribution in [0.3, 0.4) is 0 Å². The van der Waals surface area contributed by atoms with Gasteiger partial charge in [-0.05, 0) is 13.0 Å². The fourth-order valence-corrected chi connectivity index (χ4v) is 1.90. The molecule has 0 spiro atoms. The van der Waals surface area contributed by atoms with E-state index in [0.29, 0.717) is 18.9 Å². The fourth-order valence-electron chi connectivity index (χ4n) is 1.90. The molecular formula is C11H14N4O3. The van der Waals surface area contributed by atoms with Crippen LogP contribution in [0.1, 0.15) is 17.3 Å². The van der Waals surface area contributed by atoms with E-state index >= 15 is 0 Å². The monoisotopic (exact) mass is 250 g/mol. The Morgan fingerprint density at radius 3 is 3.00 bits per heavy atom. The first-order chi connectivity index (χ1) is 8.50. The summed E-state index contributed by atoms with van der Waals surface area (Å²) >= 11 is 0. The minimum absolute atomic E-state index is 0.0327.